The van der Waals surface area contributed by atoms with Gasteiger partial charge in [-0.25, -0.2) is 0 Å². The van der Waals surface area contributed by atoms with Gasteiger partial charge in [0.25, 0.3) is 0 Å². The molecule has 0 radical (unpaired) electrons. The normalized spacial score (nSPS) is 10.0. The van der Waals surface area contributed by atoms with Crippen LogP contribution in [-0.2, 0) is 0 Å². The summed E-state index contributed by atoms with van der Waals surface area (Å²) in [6, 6.07) is 0. The molecule has 0 aliphatic carbocycles. The van der Waals surface area contributed by atoms with Gasteiger partial charge < -0.3 is 6.15 Å². The minimum atomic E-state index is 0. The van der Waals surface area contributed by atoms with E-state index in [1.54, 1.807) is 0 Å². The summed E-state index contributed by atoms with van der Waals surface area (Å²) in [5, 5.41) is 0. The molecule has 0 saturated carbocycles. The van der Waals surface area contributed by atoms with Gasteiger partial charge in [0.1, 0.15) is 0 Å². The van der Waals surface area contributed by atoms with Crippen LogP contribution in [0.2, 0.25) is 0 Å². The molecule has 0 unspecified atom stereocenters. The number of unbranched alkanes of at least 4 members (excludes halogenated alkanes) is 7. The third-order valence-corrected chi connectivity index (χ3v) is 3.59. The van der Waals surface area contributed by atoms with Crippen LogP contribution in [-0.4, -0.2) is 5.88 Å². The first kappa shape index (κ1) is 23.4. The van der Waals surface area contributed by atoms with Gasteiger partial charge in [-0.1, -0.05) is 79.6 Å². The first-order chi connectivity index (χ1) is 8.06. The Balaban J connectivity index is -0.000000277. The SMILES string of the molecule is CC(C)C(C)C.CCCCCCCCCCCl.N. The van der Waals surface area contributed by atoms with Crippen molar-refractivity contribution in [2.45, 2.75) is 86.0 Å². The number of hydrogen-bond acceptors (Lipinski definition) is 1. The van der Waals surface area contributed by atoms with E-state index in [4.69, 9.17) is 11.6 Å². The summed E-state index contributed by atoms with van der Waals surface area (Å²) >= 11 is 5.56. The molecule has 0 atom stereocenters. The van der Waals surface area contributed by atoms with Crippen molar-refractivity contribution in [2.75, 3.05) is 5.88 Å². The third-order valence-electron chi connectivity index (χ3n) is 3.32. The second kappa shape index (κ2) is 19.6. The van der Waals surface area contributed by atoms with Crippen molar-refractivity contribution < 1.29 is 0 Å². The lowest BCUT2D eigenvalue weighted by atomic mass is 10.0. The van der Waals surface area contributed by atoms with E-state index < -0.39 is 0 Å². The minimum Gasteiger partial charge on any atom is -0.344 e. The average Bonchev–Trinajstić information content (AvgIpc) is 2.29. The van der Waals surface area contributed by atoms with E-state index in [2.05, 4.69) is 34.6 Å². The smallest absolute Gasteiger partial charge is 0.0223 e. The van der Waals surface area contributed by atoms with Crippen LogP contribution in [0.25, 0.3) is 0 Å². The lowest BCUT2D eigenvalue weighted by Crippen LogP contribution is -1.95. The Bertz CT molecular complexity index is 110. The van der Waals surface area contributed by atoms with Gasteiger partial charge in [0, 0.05) is 5.88 Å². The summed E-state index contributed by atoms with van der Waals surface area (Å²) in [7, 11) is 0. The van der Waals surface area contributed by atoms with Gasteiger partial charge >= 0.3 is 0 Å². The largest absolute Gasteiger partial charge is 0.344 e. The molecule has 0 saturated heterocycles. The molecule has 0 spiro atoms. The molecule has 0 bridgehead atoms. The van der Waals surface area contributed by atoms with Crippen LogP contribution >= 0.6 is 11.6 Å². The van der Waals surface area contributed by atoms with Crippen LogP contribution in [0.1, 0.15) is 86.0 Å². The predicted octanol–water partition coefficient (Wildman–Crippen LogP) is 6.83. The van der Waals surface area contributed by atoms with Gasteiger partial charge in [-0.3, -0.25) is 0 Å². The minimum absolute atomic E-state index is 0. The second-order valence-electron chi connectivity index (χ2n) is 5.65. The van der Waals surface area contributed by atoms with Gasteiger partial charge in [0.2, 0.25) is 0 Å². The molecule has 0 rings (SSSR count). The van der Waals surface area contributed by atoms with Crippen molar-refractivity contribution in [2.24, 2.45) is 11.8 Å². The van der Waals surface area contributed by atoms with Gasteiger partial charge in [-0.2, -0.15) is 0 Å². The summed E-state index contributed by atoms with van der Waals surface area (Å²) in [5.74, 6) is 2.55. The van der Waals surface area contributed by atoms with E-state index in [0.29, 0.717) is 0 Å². The summed E-state index contributed by atoms with van der Waals surface area (Å²) in [6.07, 6.45) is 10.9. The van der Waals surface area contributed by atoms with Crippen LogP contribution in [0.15, 0.2) is 0 Å². The highest BCUT2D eigenvalue weighted by atomic mass is 35.5. The molecule has 1 nitrogen and oxygen atoms in total. The van der Waals surface area contributed by atoms with Crippen LogP contribution in [0.4, 0.5) is 0 Å². The van der Waals surface area contributed by atoms with Gasteiger partial charge in [-0.05, 0) is 18.3 Å². The van der Waals surface area contributed by atoms with E-state index in [-0.39, 0.29) is 6.15 Å². The third kappa shape index (κ3) is 25.2. The molecule has 0 fully saturated rings. The van der Waals surface area contributed by atoms with Crippen LogP contribution in [0.5, 0.6) is 0 Å². The summed E-state index contributed by atoms with van der Waals surface area (Å²) < 4.78 is 0. The highest BCUT2D eigenvalue weighted by molar-refractivity contribution is 6.17. The first-order valence-electron chi connectivity index (χ1n) is 7.62. The Labute approximate surface area is 122 Å². The fourth-order valence-corrected chi connectivity index (χ4v) is 1.42. The molecule has 0 heterocycles. The van der Waals surface area contributed by atoms with Crippen LogP contribution in [0.3, 0.4) is 0 Å². The molecule has 18 heavy (non-hydrogen) atoms. The molecule has 2 heteroatoms. The van der Waals surface area contributed by atoms with Crippen molar-refractivity contribution in [1.82, 2.24) is 6.15 Å². The summed E-state index contributed by atoms with van der Waals surface area (Å²) in [5.41, 5.74) is 0. The Morgan fingerprint density at radius 3 is 1.28 bits per heavy atom. The number of rotatable bonds is 9. The number of hydrogen-bond donors (Lipinski definition) is 1. The first-order valence-corrected chi connectivity index (χ1v) is 8.15. The summed E-state index contributed by atoms with van der Waals surface area (Å²) in [6.45, 7) is 11.2. The molecular formula is C16H38ClN. The standard InChI is InChI=1S/C10H21Cl.C6H14.H3N/c1-2-3-4-5-6-7-8-9-10-11;1-5(2)6(3)4;/h2-10H2,1H3;5-6H,1-4H3;1H3. The van der Waals surface area contributed by atoms with E-state index >= 15 is 0 Å². The van der Waals surface area contributed by atoms with Crippen molar-refractivity contribution in [3.8, 4) is 0 Å². The lowest BCUT2D eigenvalue weighted by Gasteiger charge is -2.05. The molecule has 0 aromatic carbocycles. The monoisotopic (exact) mass is 279 g/mol. The summed E-state index contributed by atoms with van der Waals surface area (Å²) in [4.78, 5) is 0. The van der Waals surface area contributed by atoms with Gasteiger partial charge in [0.05, 0.1) is 0 Å². The molecule has 0 aromatic rings. The molecule has 114 valence electrons. The van der Waals surface area contributed by atoms with Crippen molar-refractivity contribution in [3.05, 3.63) is 0 Å². The zero-order valence-corrected chi connectivity index (χ0v) is 14.4. The highest BCUT2D eigenvalue weighted by Crippen LogP contribution is 2.08. The average molecular weight is 280 g/mol. The topological polar surface area (TPSA) is 35.0 Å². The van der Waals surface area contributed by atoms with Crippen LogP contribution in [0, 0.1) is 11.8 Å². The quantitative estimate of drug-likeness (QED) is 0.364. The maximum Gasteiger partial charge on any atom is 0.0223 e. The zero-order valence-electron chi connectivity index (χ0n) is 13.6. The van der Waals surface area contributed by atoms with Crippen molar-refractivity contribution in [1.29, 1.82) is 0 Å². The Kier molecular flexibility index (Phi) is 25.4. The Hall–Kier alpha value is 0.250. The molecule has 0 aromatic heterocycles. The lowest BCUT2D eigenvalue weighted by molar-refractivity contribution is 0.457. The Morgan fingerprint density at radius 2 is 1.00 bits per heavy atom. The second-order valence-corrected chi connectivity index (χ2v) is 6.03. The fraction of sp³-hybridized carbons (Fsp3) is 1.00. The molecule has 0 aliphatic rings. The molecular weight excluding hydrogens is 242 g/mol. The van der Waals surface area contributed by atoms with Gasteiger partial charge in [0.15, 0.2) is 0 Å². The predicted molar refractivity (Wildman–Crippen MR) is 88.0 cm³/mol. The fourth-order valence-electron chi connectivity index (χ4n) is 1.23. The van der Waals surface area contributed by atoms with E-state index in [1.807, 2.05) is 0 Å². The molecule has 0 aliphatic heterocycles. The maximum atomic E-state index is 5.56. The zero-order chi connectivity index (χ0) is 13.5. The van der Waals surface area contributed by atoms with Crippen molar-refractivity contribution >= 4 is 11.6 Å². The maximum absolute atomic E-state index is 5.56. The van der Waals surface area contributed by atoms with E-state index in [0.717, 1.165) is 17.7 Å². The molecule has 0 amide bonds. The Morgan fingerprint density at radius 1 is 0.667 bits per heavy atom. The van der Waals surface area contributed by atoms with E-state index in [9.17, 15) is 0 Å². The van der Waals surface area contributed by atoms with E-state index in [1.165, 1.54) is 51.4 Å². The number of halogens is 1. The molecule has 3 N–H and O–H groups in total. The van der Waals surface area contributed by atoms with Crippen molar-refractivity contribution in [3.63, 3.8) is 0 Å². The highest BCUT2D eigenvalue weighted by Gasteiger charge is 1.95. The van der Waals surface area contributed by atoms with Gasteiger partial charge in [-0.15, -0.1) is 11.6 Å². The number of alkyl halides is 1. The van der Waals surface area contributed by atoms with Crippen LogP contribution < -0.4 is 6.15 Å².